The van der Waals surface area contributed by atoms with Crippen LogP contribution in [0.25, 0.3) is 0 Å². The lowest BCUT2D eigenvalue weighted by Crippen LogP contribution is -2.24. The van der Waals surface area contributed by atoms with Gasteiger partial charge >= 0.3 is 0 Å². The van der Waals surface area contributed by atoms with E-state index in [2.05, 4.69) is 25.1 Å². The van der Waals surface area contributed by atoms with E-state index in [4.69, 9.17) is 4.52 Å². The van der Waals surface area contributed by atoms with Crippen LogP contribution in [0, 0.1) is 20.8 Å². The van der Waals surface area contributed by atoms with Gasteiger partial charge in [0, 0.05) is 0 Å². The number of nitrogens with one attached hydrogen (secondary N) is 2. The highest BCUT2D eigenvalue weighted by atomic mass is 32.2. The van der Waals surface area contributed by atoms with Crippen LogP contribution >= 0.6 is 0 Å². The minimum atomic E-state index is -3.64. The highest BCUT2D eigenvalue weighted by Gasteiger charge is 2.22. The Morgan fingerprint density at radius 2 is 2.06 bits per heavy atom. The fourth-order valence-electron chi connectivity index (χ4n) is 1.58. The zero-order valence-electron chi connectivity index (χ0n) is 10.2. The molecular weight excluding hydrogens is 258 g/mol. The molecule has 0 aliphatic rings. The maximum Gasteiger partial charge on any atom is 0.244 e. The Labute approximate surface area is 104 Å². The van der Waals surface area contributed by atoms with Crippen molar-refractivity contribution in [3.63, 3.8) is 0 Å². The van der Waals surface area contributed by atoms with E-state index < -0.39 is 10.0 Å². The molecule has 0 saturated carbocycles. The maximum atomic E-state index is 12.1. The lowest BCUT2D eigenvalue weighted by Gasteiger charge is -2.04. The standard InChI is InChI=1S/C9H13N5O3S/c1-5-9(6(2)13-12-5)18(15,16)10-4-8-11-7(3)14-17-8/h10H,4H2,1-3H3,(H,12,13). The van der Waals surface area contributed by atoms with Crippen molar-refractivity contribution in [3.05, 3.63) is 23.1 Å². The second-order valence-corrected chi connectivity index (χ2v) is 5.53. The van der Waals surface area contributed by atoms with Gasteiger partial charge in [0.1, 0.15) is 4.90 Å². The largest absolute Gasteiger partial charge is 0.338 e. The van der Waals surface area contributed by atoms with Crippen molar-refractivity contribution in [2.24, 2.45) is 0 Å². The van der Waals surface area contributed by atoms with Crippen LogP contribution in [0.15, 0.2) is 9.42 Å². The summed E-state index contributed by atoms with van der Waals surface area (Å²) in [4.78, 5) is 4.06. The predicted molar refractivity (Wildman–Crippen MR) is 61.1 cm³/mol. The topological polar surface area (TPSA) is 114 Å². The van der Waals surface area contributed by atoms with Gasteiger partial charge in [0.15, 0.2) is 5.82 Å². The molecule has 0 atom stereocenters. The van der Waals surface area contributed by atoms with E-state index in [9.17, 15) is 8.42 Å². The van der Waals surface area contributed by atoms with Gasteiger partial charge in [0.05, 0.1) is 17.9 Å². The first-order valence-corrected chi connectivity index (χ1v) is 6.69. The molecule has 98 valence electrons. The molecule has 0 spiro atoms. The average Bonchev–Trinajstić information content (AvgIpc) is 2.83. The predicted octanol–water partition coefficient (Wildman–Crippen LogP) is 0.196. The lowest BCUT2D eigenvalue weighted by molar-refractivity contribution is 0.372. The van der Waals surface area contributed by atoms with E-state index >= 15 is 0 Å². The van der Waals surface area contributed by atoms with Gasteiger partial charge in [-0.2, -0.15) is 10.1 Å². The molecule has 0 aliphatic carbocycles. The van der Waals surface area contributed by atoms with Crippen LogP contribution in [0.5, 0.6) is 0 Å². The van der Waals surface area contributed by atoms with Gasteiger partial charge in [0.25, 0.3) is 0 Å². The third kappa shape index (κ3) is 2.41. The monoisotopic (exact) mass is 271 g/mol. The molecule has 0 amide bonds. The zero-order chi connectivity index (χ0) is 13.3. The van der Waals surface area contributed by atoms with Crippen LogP contribution in [-0.2, 0) is 16.6 Å². The molecule has 0 saturated heterocycles. The number of nitrogens with zero attached hydrogens (tertiary/aromatic N) is 3. The van der Waals surface area contributed by atoms with Gasteiger partial charge in [-0.05, 0) is 20.8 Å². The van der Waals surface area contributed by atoms with Crippen LogP contribution in [0.1, 0.15) is 23.1 Å². The Bertz CT molecular complexity index is 638. The molecule has 2 aromatic heterocycles. The highest BCUT2D eigenvalue weighted by Crippen LogP contribution is 2.16. The third-order valence-electron chi connectivity index (χ3n) is 2.31. The van der Waals surface area contributed by atoms with Gasteiger partial charge in [-0.15, -0.1) is 0 Å². The number of hydrogen-bond donors (Lipinski definition) is 2. The lowest BCUT2D eigenvalue weighted by atomic mass is 10.4. The summed E-state index contributed by atoms with van der Waals surface area (Å²) in [5, 5.41) is 10.0. The van der Waals surface area contributed by atoms with E-state index in [1.54, 1.807) is 20.8 Å². The van der Waals surface area contributed by atoms with Crippen molar-refractivity contribution in [2.45, 2.75) is 32.2 Å². The first-order chi connectivity index (χ1) is 8.40. The van der Waals surface area contributed by atoms with Crippen molar-refractivity contribution in [1.29, 1.82) is 0 Å². The van der Waals surface area contributed by atoms with Crippen LogP contribution < -0.4 is 4.72 Å². The summed E-state index contributed by atoms with van der Waals surface area (Å²) in [6, 6.07) is 0. The molecule has 2 rings (SSSR count). The van der Waals surface area contributed by atoms with Crippen molar-refractivity contribution in [1.82, 2.24) is 25.1 Å². The Balaban J connectivity index is 2.18. The molecule has 9 heteroatoms. The van der Waals surface area contributed by atoms with E-state index in [-0.39, 0.29) is 17.3 Å². The van der Waals surface area contributed by atoms with Gasteiger partial charge in [0.2, 0.25) is 15.9 Å². The zero-order valence-corrected chi connectivity index (χ0v) is 11.0. The molecule has 2 N–H and O–H groups in total. The Hall–Kier alpha value is -1.74. The van der Waals surface area contributed by atoms with Crippen molar-refractivity contribution >= 4 is 10.0 Å². The van der Waals surface area contributed by atoms with Crippen LogP contribution in [0.4, 0.5) is 0 Å². The summed E-state index contributed by atoms with van der Waals surface area (Å²) in [6.45, 7) is 4.87. The van der Waals surface area contributed by atoms with Crippen LogP contribution in [0.3, 0.4) is 0 Å². The van der Waals surface area contributed by atoms with Crippen LogP contribution in [-0.4, -0.2) is 28.8 Å². The number of H-pyrrole nitrogens is 1. The summed E-state index contributed by atoms with van der Waals surface area (Å²) in [5.74, 6) is 0.676. The highest BCUT2D eigenvalue weighted by molar-refractivity contribution is 7.89. The number of hydrogen-bond acceptors (Lipinski definition) is 6. The molecule has 8 nitrogen and oxygen atoms in total. The second-order valence-electron chi connectivity index (χ2n) is 3.82. The smallest absolute Gasteiger partial charge is 0.244 e. The van der Waals surface area contributed by atoms with E-state index in [0.717, 1.165) is 0 Å². The molecule has 18 heavy (non-hydrogen) atoms. The normalized spacial score (nSPS) is 11.9. The minimum absolute atomic E-state index is 0.0484. The molecule has 0 aliphatic heterocycles. The number of aromatic amines is 1. The fraction of sp³-hybridized carbons (Fsp3) is 0.444. The van der Waals surface area contributed by atoms with E-state index in [0.29, 0.717) is 17.2 Å². The first-order valence-electron chi connectivity index (χ1n) is 5.20. The van der Waals surface area contributed by atoms with Gasteiger partial charge in [-0.3, -0.25) is 5.10 Å². The van der Waals surface area contributed by atoms with Crippen molar-refractivity contribution < 1.29 is 12.9 Å². The summed E-state index contributed by atoms with van der Waals surface area (Å²) >= 11 is 0. The Morgan fingerprint density at radius 3 is 2.56 bits per heavy atom. The average molecular weight is 271 g/mol. The first kappa shape index (κ1) is 12.7. The molecule has 0 unspecified atom stereocenters. The quantitative estimate of drug-likeness (QED) is 0.820. The van der Waals surface area contributed by atoms with Crippen molar-refractivity contribution in [2.75, 3.05) is 0 Å². The van der Waals surface area contributed by atoms with E-state index in [1.165, 1.54) is 0 Å². The second kappa shape index (κ2) is 4.50. The van der Waals surface area contributed by atoms with Crippen molar-refractivity contribution in [3.8, 4) is 0 Å². The number of aryl methyl sites for hydroxylation is 3. The Kier molecular flexibility index (Phi) is 3.18. The molecule has 2 aromatic rings. The maximum absolute atomic E-state index is 12.1. The summed E-state index contributed by atoms with van der Waals surface area (Å²) < 4.78 is 31.3. The number of aromatic nitrogens is 4. The van der Waals surface area contributed by atoms with Gasteiger partial charge in [-0.25, -0.2) is 13.1 Å². The minimum Gasteiger partial charge on any atom is -0.338 e. The SMILES string of the molecule is Cc1noc(CNS(=O)(=O)c2c(C)n[nH]c2C)n1. The fourth-order valence-corrected chi connectivity index (χ4v) is 2.92. The van der Waals surface area contributed by atoms with Crippen LogP contribution in [0.2, 0.25) is 0 Å². The van der Waals surface area contributed by atoms with Gasteiger partial charge in [-0.1, -0.05) is 5.16 Å². The summed E-state index contributed by atoms with van der Waals surface area (Å²) in [7, 11) is -3.64. The Morgan fingerprint density at radius 1 is 1.33 bits per heavy atom. The number of rotatable bonds is 4. The number of sulfonamides is 1. The third-order valence-corrected chi connectivity index (χ3v) is 3.98. The molecule has 0 aromatic carbocycles. The van der Waals surface area contributed by atoms with E-state index in [1.807, 2.05) is 0 Å². The molecule has 2 heterocycles. The summed E-state index contributed by atoms with van der Waals surface area (Å²) in [5.41, 5.74) is 0.906. The molecule has 0 bridgehead atoms. The summed E-state index contributed by atoms with van der Waals surface area (Å²) in [6.07, 6.45) is 0. The van der Waals surface area contributed by atoms with Gasteiger partial charge < -0.3 is 4.52 Å². The molecule has 0 radical (unpaired) electrons. The molecular formula is C9H13N5O3S. The molecule has 0 fully saturated rings.